The van der Waals surface area contributed by atoms with Crippen molar-refractivity contribution in [3.05, 3.63) is 41.2 Å². The fourth-order valence-electron chi connectivity index (χ4n) is 5.54. The van der Waals surface area contributed by atoms with Gasteiger partial charge in [-0.05, 0) is 44.1 Å². The van der Waals surface area contributed by atoms with E-state index in [1.165, 1.54) is 14.2 Å². The van der Waals surface area contributed by atoms with Gasteiger partial charge in [0.2, 0.25) is 0 Å². The van der Waals surface area contributed by atoms with Crippen LogP contribution in [0, 0.1) is 17.6 Å². The van der Waals surface area contributed by atoms with Crippen molar-refractivity contribution in [3.8, 4) is 11.5 Å². The number of fused-ring (bicyclic) bond motifs is 3. The summed E-state index contributed by atoms with van der Waals surface area (Å²) in [6.45, 7) is 3.91. The quantitative estimate of drug-likeness (QED) is 0.409. The van der Waals surface area contributed by atoms with Gasteiger partial charge in [-0.1, -0.05) is 13.3 Å². The molecule has 8 nitrogen and oxygen atoms in total. The number of urea groups is 1. The Morgan fingerprint density at radius 1 is 1.08 bits per heavy atom. The van der Waals surface area contributed by atoms with Crippen molar-refractivity contribution in [2.45, 2.75) is 52.0 Å². The minimum absolute atomic E-state index is 0.0397. The number of nitrogens with one attached hydrogen (secondary N) is 1. The van der Waals surface area contributed by atoms with Crippen molar-refractivity contribution in [2.75, 3.05) is 43.8 Å². The number of ether oxygens (including phenoxy) is 3. The van der Waals surface area contributed by atoms with Crippen molar-refractivity contribution < 1.29 is 27.8 Å². The van der Waals surface area contributed by atoms with Crippen LogP contribution in [0.2, 0.25) is 0 Å². The molecule has 0 spiro atoms. The highest BCUT2D eigenvalue weighted by Crippen LogP contribution is 2.42. The number of nitrogens with zero attached hydrogens (tertiary/aromatic N) is 3. The number of anilines is 2. The van der Waals surface area contributed by atoms with Gasteiger partial charge in [0.15, 0.2) is 23.1 Å². The molecule has 0 bridgehead atoms. The molecule has 1 N–H and O–H groups in total. The average Bonchev–Trinajstić information content (AvgIpc) is 3.30. The summed E-state index contributed by atoms with van der Waals surface area (Å²) >= 11 is 0. The summed E-state index contributed by atoms with van der Waals surface area (Å²) < 4.78 is 46.6. The van der Waals surface area contributed by atoms with Gasteiger partial charge in [-0.25, -0.2) is 18.6 Å². The first-order valence-corrected chi connectivity index (χ1v) is 13.2. The molecule has 0 aliphatic carbocycles. The topological polar surface area (TPSA) is 79.9 Å². The Balaban J connectivity index is 1.55. The van der Waals surface area contributed by atoms with Gasteiger partial charge in [0.25, 0.3) is 0 Å². The van der Waals surface area contributed by atoms with Gasteiger partial charge >= 0.3 is 6.03 Å². The molecule has 4 heterocycles. The maximum absolute atomic E-state index is 15.4. The Morgan fingerprint density at radius 2 is 1.84 bits per heavy atom. The van der Waals surface area contributed by atoms with Crippen LogP contribution in [0.15, 0.2) is 18.3 Å². The number of benzene rings is 1. The summed E-state index contributed by atoms with van der Waals surface area (Å²) in [6.07, 6.45) is 7.62. The average molecular weight is 529 g/mol. The van der Waals surface area contributed by atoms with Gasteiger partial charge in [-0.3, -0.25) is 9.80 Å². The van der Waals surface area contributed by atoms with Crippen LogP contribution in [0.4, 0.5) is 25.0 Å². The Bertz CT molecular complexity index is 1290. The van der Waals surface area contributed by atoms with Crippen LogP contribution in [0.25, 0.3) is 11.0 Å². The first-order chi connectivity index (χ1) is 18.5. The lowest BCUT2D eigenvalue weighted by Gasteiger charge is -2.37. The number of methoxy groups -OCH3 is 2. The van der Waals surface area contributed by atoms with E-state index >= 15 is 8.78 Å². The number of rotatable bonds is 7. The minimum atomic E-state index is -0.958. The SMILES string of the molecule is CCCN1C(=O)N(c2c(F)c(OC)cc(OC)c2F)Cc2cnc3[nH]c(CC4CCCCOCC4)cc3c21. The Kier molecular flexibility index (Phi) is 7.69. The summed E-state index contributed by atoms with van der Waals surface area (Å²) in [7, 11) is 2.56. The second-order valence-corrected chi connectivity index (χ2v) is 9.93. The standard InChI is InChI=1S/C28H34F2N4O4/c1-4-9-33-25-18(16-34(28(33)35)26-23(29)21(36-2)14-22(37-3)24(26)30)15-31-27-20(25)13-19(32-27)12-17-7-5-6-10-38-11-8-17/h13-15,17H,4-12,16H2,1-3H3,(H,31,32). The molecule has 38 heavy (non-hydrogen) atoms. The smallest absolute Gasteiger partial charge is 0.329 e. The fraction of sp³-hybridized carbons (Fsp3) is 0.500. The van der Waals surface area contributed by atoms with E-state index < -0.39 is 23.4 Å². The maximum Gasteiger partial charge on any atom is 0.329 e. The second kappa shape index (κ2) is 11.1. The highest BCUT2D eigenvalue weighted by molar-refractivity contribution is 6.11. The van der Waals surface area contributed by atoms with Crippen molar-refractivity contribution in [3.63, 3.8) is 0 Å². The highest BCUT2D eigenvalue weighted by Gasteiger charge is 2.37. The predicted octanol–water partition coefficient (Wildman–Crippen LogP) is 5.96. The van der Waals surface area contributed by atoms with E-state index in [1.54, 1.807) is 11.1 Å². The number of carbonyl (C=O) groups is 1. The van der Waals surface area contributed by atoms with Gasteiger partial charge in [-0.2, -0.15) is 0 Å². The zero-order valence-corrected chi connectivity index (χ0v) is 22.1. The van der Waals surface area contributed by atoms with Gasteiger partial charge in [-0.15, -0.1) is 0 Å². The van der Waals surface area contributed by atoms with Gasteiger partial charge in [0.05, 0.1) is 26.5 Å². The predicted molar refractivity (Wildman–Crippen MR) is 141 cm³/mol. The molecule has 2 aromatic heterocycles. The van der Waals surface area contributed by atoms with E-state index in [-0.39, 0.29) is 18.0 Å². The second-order valence-electron chi connectivity index (χ2n) is 9.93. The van der Waals surface area contributed by atoms with Crippen LogP contribution in [-0.2, 0) is 17.7 Å². The number of aromatic nitrogens is 2. The molecule has 1 fully saturated rings. The third kappa shape index (κ3) is 4.77. The number of H-pyrrole nitrogens is 1. The van der Waals surface area contributed by atoms with E-state index in [0.29, 0.717) is 30.1 Å². The molecule has 1 atom stereocenters. The largest absolute Gasteiger partial charge is 0.493 e. The molecule has 1 unspecified atom stereocenters. The third-order valence-electron chi connectivity index (χ3n) is 7.42. The van der Waals surface area contributed by atoms with Crippen LogP contribution in [-0.4, -0.2) is 50.0 Å². The number of pyridine rings is 1. The zero-order valence-electron chi connectivity index (χ0n) is 22.1. The van der Waals surface area contributed by atoms with Crippen molar-refractivity contribution in [2.24, 2.45) is 5.92 Å². The van der Waals surface area contributed by atoms with E-state index in [4.69, 9.17) is 14.2 Å². The molecule has 0 radical (unpaired) electrons. The molecular formula is C28H34F2N4O4. The van der Waals surface area contributed by atoms with E-state index in [9.17, 15) is 4.79 Å². The number of amides is 2. The first-order valence-electron chi connectivity index (χ1n) is 13.2. The van der Waals surface area contributed by atoms with Crippen molar-refractivity contribution >= 4 is 28.4 Å². The number of carbonyl (C=O) groups excluding carboxylic acids is 1. The van der Waals surface area contributed by atoms with Crippen molar-refractivity contribution in [1.29, 1.82) is 0 Å². The van der Waals surface area contributed by atoms with Crippen LogP contribution >= 0.6 is 0 Å². The van der Waals surface area contributed by atoms with E-state index in [1.807, 2.05) is 6.92 Å². The Hall–Kier alpha value is -3.40. The van der Waals surface area contributed by atoms with E-state index in [2.05, 4.69) is 16.0 Å². The third-order valence-corrected chi connectivity index (χ3v) is 7.42. The first kappa shape index (κ1) is 26.2. The lowest BCUT2D eigenvalue weighted by molar-refractivity contribution is 0.1000. The summed E-state index contributed by atoms with van der Waals surface area (Å²) in [5.41, 5.74) is 2.70. The molecule has 2 aliphatic heterocycles. The molecule has 5 rings (SSSR count). The number of hydrogen-bond acceptors (Lipinski definition) is 5. The number of halogens is 2. The lowest BCUT2D eigenvalue weighted by atomic mass is 9.93. The molecule has 2 aliphatic rings. The van der Waals surface area contributed by atoms with Gasteiger partial charge in [0.1, 0.15) is 11.3 Å². The number of aromatic amines is 1. The summed E-state index contributed by atoms with van der Waals surface area (Å²) in [5.74, 6) is -1.82. The Morgan fingerprint density at radius 3 is 2.55 bits per heavy atom. The zero-order chi connectivity index (χ0) is 26.8. The highest BCUT2D eigenvalue weighted by atomic mass is 19.1. The molecule has 0 saturated carbocycles. The monoisotopic (exact) mass is 528 g/mol. The summed E-state index contributed by atoms with van der Waals surface area (Å²) in [4.78, 5) is 24.6. The van der Waals surface area contributed by atoms with Crippen LogP contribution in [0.1, 0.15) is 50.3 Å². The Labute approximate surface area is 220 Å². The summed E-state index contributed by atoms with van der Waals surface area (Å²) in [5, 5.41) is 0.838. The molecule has 204 valence electrons. The molecule has 10 heteroatoms. The molecule has 1 aromatic carbocycles. The van der Waals surface area contributed by atoms with Gasteiger partial charge in [0, 0.05) is 48.7 Å². The van der Waals surface area contributed by atoms with Crippen LogP contribution in [0.3, 0.4) is 0 Å². The number of hydrogen-bond donors (Lipinski definition) is 1. The minimum Gasteiger partial charge on any atom is -0.493 e. The normalized spacial score (nSPS) is 18.3. The van der Waals surface area contributed by atoms with Crippen LogP contribution in [0.5, 0.6) is 11.5 Å². The summed E-state index contributed by atoms with van der Waals surface area (Å²) in [6, 6.07) is 2.69. The molecular weight excluding hydrogens is 494 g/mol. The fourth-order valence-corrected chi connectivity index (χ4v) is 5.54. The van der Waals surface area contributed by atoms with Gasteiger partial charge < -0.3 is 19.2 Å². The molecule has 1 saturated heterocycles. The lowest BCUT2D eigenvalue weighted by Crippen LogP contribution is -2.48. The van der Waals surface area contributed by atoms with Crippen LogP contribution < -0.4 is 19.3 Å². The molecule has 3 aromatic rings. The van der Waals surface area contributed by atoms with Crippen molar-refractivity contribution in [1.82, 2.24) is 9.97 Å². The van der Waals surface area contributed by atoms with E-state index in [0.717, 1.165) is 73.1 Å². The maximum atomic E-state index is 15.4. The molecule has 2 amide bonds.